The SMILES string of the molecule is Cc1ccc(C(CNC(=O)C2CNCCO2)N2CCOCC2)o1.Cl.Cl. The number of halogens is 2. The van der Waals surface area contributed by atoms with Crippen LogP contribution >= 0.6 is 24.8 Å². The van der Waals surface area contributed by atoms with Gasteiger partial charge in [-0.1, -0.05) is 0 Å². The molecule has 0 aromatic carbocycles. The predicted molar refractivity (Wildman–Crippen MR) is 98.7 cm³/mol. The third-order valence-electron chi connectivity index (χ3n) is 4.27. The van der Waals surface area contributed by atoms with Crippen LogP contribution in [0.15, 0.2) is 16.5 Å². The van der Waals surface area contributed by atoms with Crippen LogP contribution in [-0.2, 0) is 14.3 Å². The van der Waals surface area contributed by atoms with Crippen LogP contribution in [-0.4, -0.2) is 69.5 Å². The lowest BCUT2D eigenvalue weighted by molar-refractivity contribution is -0.134. The molecule has 2 aliphatic rings. The van der Waals surface area contributed by atoms with Crippen molar-refractivity contribution in [2.24, 2.45) is 0 Å². The Morgan fingerprint density at radius 3 is 2.68 bits per heavy atom. The predicted octanol–water partition coefficient (Wildman–Crippen LogP) is 0.910. The van der Waals surface area contributed by atoms with Gasteiger partial charge in [0.05, 0.1) is 25.9 Å². The minimum atomic E-state index is -0.410. The van der Waals surface area contributed by atoms with E-state index in [0.29, 0.717) is 32.9 Å². The molecule has 0 spiro atoms. The third kappa shape index (κ3) is 6.13. The lowest BCUT2D eigenvalue weighted by Crippen LogP contribution is -2.50. The highest BCUT2D eigenvalue weighted by molar-refractivity contribution is 5.85. The Balaban J connectivity index is 0.00000156. The quantitative estimate of drug-likeness (QED) is 0.771. The molecule has 144 valence electrons. The molecule has 3 heterocycles. The summed E-state index contributed by atoms with van der Waals surface area (Å²) in [7, 11) is 0. The van der Waals surface area contributed by atoms with Crippen molar-refractivity contribution in [1.29, 1.82) is 0 Å². The van der Waals surface area contributed by atoms with Crippen LogP contribution in [0.25, 0.3) is 0 Å². The van der Waals surface area contributed by atoms with Gasteiger partial charge in [-0.25, -0.2) is 0 Å². The normalized spacial score (nSPS) is 22.4. The molecule has 2 atom stereocenters. The number of ether oxygens (including phenoxy) is 2. The molecule has 2 saturated heterocycles. The number of furan rings is 1. The number of hydrogen-bond donors (Lipinski definition) is 2. The van der Waals surface area contributed by atoms with E-state index in [2.05, 4.69) is 15.5 Å². The second-order valence-corrected chi connectivity index (χ2v) is 5.92. The Hall–Kier alpha value is -0.830. The summed E-state index contributed by atoms with van der Waals surface area (Å²) in [6, 6.07) is 3.96. The number of rotatable bonds is 5. The molecule has 2 unspecified atom stereocenters. The maximum atomic E-state index is 12.3. The molecule has 9 heteroatoms. The zero-order valence-electron chi connectivity index (χ0n) is 14.4. The third-order valence-corrected chi connectivity index (χ3v) is 4.27. The van der Waals surface area contributed by atoms with Gasteiger partial charge in [-0.05, 0) is 19.1 Å². The molecule has 1 amide bonds. The first-order chi connectivity index (χ1) is 11.2. The van der Waals surface area contributed by atoms with Crippen LogP contribution in [0.1, 0.15) is 17.6 Å². The fourth-order valence-electron chi connectivity index (χ4n) is 2.98. The van der Waals surface area contributed by atoms with Gasteiger partial charge in [-0.2, -0.15) is 0 Å². The summed E-state index contributed by atoms with van der Waals surface area (Å²) in [6.07, 6.45) is -0.410. The molecule has 2 N–H and O–H groups in total. The lowest BCUT2D eigenvalue weighted by Gasteiger charge is -2.33. The Morgan fingerprint density at radius 1 is 1.32 bits per heavy atom. The van der Waals surface area contributed by atoms with Crippen molar-refractivity contribution in [3.63, 3.8) is 0 Å². The fourth-order valence-corrected chi connectivity index (χ4v) is 2.98. The molecule has 1 aromatic rings. The summed E-state index contributed by atoms with van der Waals surface area (Å²) in [5, 5.41) is 6.18. The van der Waals surface area contributed by atoms with Gasteiger partial charge in [0.25, 0.3) is 5.91 Å². The van der Waals surface area contributed by atoms with Gasteiger partial charge >= 0.3 is 0 Å². The summed E-state index contributed by atoms with van der Waals surface area (Å²) in [5.74, 6) is 1.69. The zero-order chi connectivity index (χ0) is 16.1. The lowest BCUT2D eigenvalue weighted by atomic mass is 10.1. The number of nitrogens with one attached hydrogen (secondary N) is 2. The van der Waals surface area contributed by atoms with Gasteiger partial charge in [0.2, 0.25) is 0 Å². The van der Waals surface area contributed by atoms with E-state index < -0.39 is 6.10 Å². The van der Waals surface area contributed by atoms with E-state index in [4.69, 9.17) is 13.9 Å². The van der Waals surface area contributed by atoms with E-state index in [-0.39, 0.29) is 36.8 Å². The van der Waals surface area contributed by atoms with Crippen LogP contribution in [0.4, 0.5) is 0 Å². The van der Waals surface area contributed by atoms with Gasteiger partial charge in [0.15, 0.2) is 0 Å². The molecule has 0 saturated carbocycles. The monoisotopic (exact) mass is 395 g/mol. The summed E-state index contributed by atoms with van der Waals surface area (Å²) in [5.41, 5.74) is 0. The number of carbonyl (C=O) groups is 1. The molecule has 0 bridgehead atoms. The van der Waals surface area contributed by atoms with Gasteiger partial charge in [-0.3, -0.25) is 9.69 Å². The van der Waals surface area contributed by atoms with E-state index in [9.17, 15) is 4.79 Å². The molecular formula is C16H27Cl2N3O4. The molecular weight excluding hydrogens is 369 g/mol. The highest BCUT2D eigenvalue weighted by atomic mass is 35.5. The van der Waals surface area contributed by atoms with Crippen LogP contribution < -0.4 is 10.6 Å². The van der Waals surface area contributed by atoms with E-state index in [1.54, 1.807) is 0 Å². The number of nitrogens with zero attached hydrogens (tertiary/aromatic N) is 1. The number of aryl methyl sites for hydroxylation is 1. The summed E-state index contributed by atoms with van der Waals surface area (Å²) < 4.78 is 16.7. The maximum absolute atomic E-state index is 12.3. The van der Waals surface area contributed by atoms with Crippen LogP contribution in [0, 0.1) is 6.92 Å². The first-order valence-electron chi connectivity index (χ1n) is 8.22. The second kappa shape index (κ2) is 11.0. The number of carbonyl (C=O) groups excluding carboxylic acids is 1. The number of amides is 1. The van der Waals surface area contributed by atoms with Crippen molar-refractivity contribution in [1.82, 2.24) is 15.5 Å². The Labute approximate surface area is 160 Å². The van der Waals surface area contributed by atoms with Gasteiger partial charge in [0.1, 0.15) is 17.6 Å². The van der Waals surface area contributed by atoms with Crippen LogP contribution in [0.5, 0.6) is 0 Å². The average Bonchev–Trinajstić information content (AvgIpc) is 3.03. The van der Waals surface area contributed by atoms with E-state index in [1.807, 2.05) is 19.1 Å². The average molecular weight is 396 g/mol. The topological polar surface area (TPSA) is 76.0 Å². The summed E-state index contributed by atoms with van der Waals surface area (Å²) >= 11 is 0. The van der Waals surface area contributed by atoms with Gasteiger partial charge in [0, 0.05) is 32.7 Å². The Bertz CT molecular complexity index is 517. The highest BCUT2D eigenvalue weighted by Gasteiger charge is 2.28. The van der Waals surface area contributed by atoms with Crippen molar-refractivity contribution in [3.8, 4) is 0 Å². The molecule has 3 rings (SSSR count). The van der Waals surface area contributed by atoms with Crippen molar-refractivity contribution in [2.75, 3.05) is 52.5 Å². The highest BCUT2D eigenvalue weighted by Crippen LogP contribution is 2.23. The molecule has 25 heavy (non-hydrogen) atoms. The molecule has 2 fully saturated rings. The molecule has 0 aliphatic carbocycles. The van der Waals surface area contributed by atoms with E-state index >= 15 is 0 Å². The van der Waals surface area contributed by atoms with E-state index in [0.717, 1.165) is 31.2 Å². The smallest absolute Gasteiger partial charge is 0.250 e. The van der Waals surface area contributed by atoms with Crippen molar-refractivity contribution >= 4 is 30.7 Å². The molecule has 0 radical (unpaired) electrons. The molecule has 1 aromatic heterocycles. The molecule has 7 nitrogen and oxygen atoms in total. The largest absolute Gasteiger partial charge is 0.465 e. The fraction of sp³-hybridized carbons (Fsp3) is 0.688. The minimum absolute atomic E-state index is 0. The second-order valence-electron chi connectivity index (χ2n) is 5.92. The molecule has 2 aliphatic heterocycles. The van der Waals surface area contributed by atoms with Crippen molar-refractivity contribution in [2.45, 2.75) is 19.1 Å². The first-order valence-corrected chi connectivity index (χ1v) is 8.22. The van der Waals surface area contributed by atoms with Crippen molar-refractivity contribution < 1.29 is 18.7 Å². The first kappa shape index (κ1) is 22.2. The number of hydrogen-bond acceptors (Lipinski definition) is 6. The summed E-state index contributed by atoms with van der Waals surface area (Å²) in [4.78, 5) is 14.6. The maximum Gasteiger partial charge on any atom is 0.250 e. The van der Waals surface area contributed by atoms with Crippen molar-refractivity contribution in [3.05, 3.63) is 23.7 Å². The Kier molecular flexibility index (Phi) is 9.78. The number of morpholine rings is 2. The standard InChI is InChI=1S/C16H25N3O4.2ClH/c1-12-2-3-14(23-12)13(19-5-8-21-9-6-19)10-18-16(20)15-11-17-4-7-22-15;;/h2-3,13,15,17H,4-11H2,1H3,(H,18,20);2*1H. The zero-order valence-corrected chi connectivity index (χ0v) is 16.0. The van der Waals surface area contributed by atoms with Crippen LogP contribution in [0.2, 0.25) is 0 Å². The Morgan fingerprint density at radius 2 is 2.08 bits per heavy atom. The van der Waals surface area contributed by atoms with Gasteiger partial charge in [-0.15, -0.1) is 24.8 Å². The summed E-state index contributed by atoms with van der Waals surface area (Å²) in [6.45, 7) is 7.46. The minimum Gasteiger partial charge on any atom is -0.465 e. The van der Waals surface area contributed by atoms with Crippen LogP contribution in [0.3, 0.4) is 0 Å². The van der Waals surface area contributed by atoms with E-state index in [1.165, 1.54) is 0 Å². The van der Waals surface area contributed by atoms with Gasteiger partial charge < -0.3 is 24.5 Å².